The molecule has 0 aliphatic carbocycles. The summed E-state index contributed by atoms with van der Waals surface area (Å²) in [7, 11) is 0. The first-order valence-electron chi connectivity index (χ1n) is 3.61. The van der Waals surface area contributed by atoms with Gasteiger partial charge in [-0.05, 0) is 25.5 Å². The zero-order valence-electron chi connectivity index (χ0n) is 7.16. The zero-order chi connectivity index (χ0) is 9.14. The third-order valence-electron chi connectivity index (χ3n) is 1.40. The van der Waals surface area contributed by atoms with Crippen molar-refractivity contribution in [1.29, 1.82) is 0 Å². The van der Waals surface area contributed by atoms with Gasteiger partial charge in [0.15, 0.2) is 0 Å². The molecule has 0 aliphatic rings. The van der Waals surface area contributed by atoms with Crippen LogP contribution in [0.5, 0.6) is 0 Å². The van der Waals surface area contributed by atoms with E-state index in [4.69, 9.17) is 0 Å². The first-order valence-corrected chi connectivity index (χ1v) is 3.61. The molecule has 3 heteroatoms. The van der Waals surface area contributed by atoms with Crippen LogP contribution in [0.4, 0.5) is 0 Å². The van der Waals surface area contributed by atoms with E-state index < -0.39 is 0 Å². The Balaban J connectivity index is 3.04. The minimum absolute atomic E-state index is 0.125. The van der Waals surface area contributed by atoms with Crippen LogP contribution < -0.4 is 0 Å². The molecule has 0 aliphatic heterocycles. The largest absolute Gasteiger partial charge is 0.287 e. The Labute approximate surface area is 71.2 Å². The van der Waals surface area contributed by atoms with Crippen molar-refractivity contribution in [3.05, 3.63) is 35.9 Å². The number of aryl methyl sites for hydroxylation is 1. The van der Waals surface area contributed by atoms with Gasteiger partial charge in [-0.1, -0.05) is 6.58 Å². The van der Waals surface area contributed by atoms with Gasteiger partial charge in [0, 0.05) is 6.20 Å². The Morgan fingerprint density at radius 1 is 1.58 bits per heavy atom. The summed E-state index contributed by atoms with van der Waals surface area (Å²) in [4.78, 5) is 19.2. The maximum atomic E-state index is 11.3. The van der Waals surface area contributed by atoms with Crippen LogP contribution in [-0.4, -0.2) is 15.8 Å². The molecule has 0 saturated carbocycles. The van der Waals surface area contributed by atoms with E-state index in [9.17, 15) is 4.79 Å². The van der Waals surface area contributed by atoms with E-state index in [-0.39, 0.29) is 5.78 Å². The number of allylic oxidation sites excluding steroid dienone is 1. The predicted molar refractivity (Wildman–Crippen MR) is 45.9 cm³/mol. The molecule has 0 fully saturated rings. The van der Waals surface area contributed by atoms with E-state index in [2.05, 4.69) is 16.5 Å². The molecule has 0 amide bonds. The number of hydrogen-bond acceptors (Lipinski definition) is 3. The molecular formula is C9H10N2O. The molecule has 0 aromatic carbocycles. The number of nitrogens with zero attached hydrogens (tertiary/aromatic N) is 2. The van der Waals surface area contributed by atoms with Crippen molar-refractivity contribution >= 4 is 5.78 Å². The van der Waals surface area contributed by atoms with Gasteiger partial charge in [0.2, 0.25) is 5.78 Å². The summed E-state index contributed by atoms with van der Waals surface area (Å²) in [5, 5.41) is 0. The van der Waals surface area contributed by atoms with Crippen molar-refractivity contribution in [1.82, 2.24) is 9.97 Å². The summed E-state index contributed by atoms with van der Waals surface area (Å²) in [6.45, 7) is 6.96. The molecule has 0 saturated heterocycles. The minimum atomic E-state index is -0.125. The smallest absolute Gasteiger partial charge is 0.206 e. The maximum Gasteiger partial charge on any atom is 0.206 e. The van der Waals surface area contributed by atoms with Gasteiger partial charge < -0.3 is 0 Å². The van der Waals surface area contributed by atoms with Crippen molar-refractivity contribution in [2.75, 3.05) is 0 Å². The summed E-state index contributed by atoms with van der Waals surface area (Å²) in [6.07, 6.45) is 1.57. The number of hydrogen-bond donors (Lipinski definition) is 0. The normalized spacial score (nSPS) is 9.50. The van der Waals surface area contributed by atoms with Crippen LogP contribution in [-0.2, 0) is 0 Å². The molecule has 0 bridgehead atoms. The monoisotopic (exact) mass is 162 g/mol. The maximum absolute atomic E-state index is 11.3. The van der Waals surface area contributed by atoms with Gasteiger partial charge in [-0.3, -0.25) is 4.79 Å². The lowest BCUT2D eigenvalue weighted by Gasteiger charge is -1.98. The van der Waals surface area contributed by atoms with Gasteiger partial charge >= 0.3 is 0 Å². The van der Waals surface area contributed by atoms with Gasteiger partial charge in [0.1, 0.15) is 11.5 Å². The van der Waals surface area contributed by atoms with Gasteiger partial charge in [-0.15, -0.1) is 0 Å². The molecule has 3 nitrogen and oxygen atoms in total. The fraction of sp³-hybridized carbons (Fsp3) is 0.222. The van der Waals surface area contributed by atoms with Crippen LogP contribution >= 0.6 is 0 Å². The SMILES string of the molecule is C=C(C)C(=O)c1ccnc(C)n1. The van der Waals surface area contributed by atoms with E-state index in [0.29, 0.717) is 17.1 Å². The molecule has 0 spiro atoms. The standard InChI is InChI=1S/C9H10N2O/c1-6(2)9(12)8-4-5-10-7(3)11-8/h4-5H,1H2,2-3H3. The molecule has 0 N–H and O–H groups in total. The van der Waals surface area contributed by atoms with Crippen LogP contribution in [0.1, 0.15) is 23.2 Å². The fourth-order valence-electron chi connectivity index (χ4n) is 0.801. The number of Topliss-reactive ketones (excluding diaryl/α,β-unsaturated/α-hetero) is 1. The predicted octanol–water partition coefficient (Wildman–Crippen LogP) is 1.54. The quantitative estimate of drug-likeness (QED) is 0.489. The lowest BCUT2D eigenvalue weighted by molar-refractivity contribution is 0.103. The number of carbonyl (C=O) groups excluding carboxylic acids is 1. The molecule has 12 heavy (non-hydrogen) atoms. The zero-order valence-corrected chi connectivity index (χ0v) is 7.16. The third kappa shape index (κ3) is 1.75. The lowest BCUT2D eigenvalue weighted by atomic mass is 10.1. The van der Waals surface area contributed by atoms with Crippen LogP contribution in [0.15, 0.2) is 24.4 Å². The molecule has 0 unspecified atom stereocenters. The number of aromatic nitrogens is 2. The highest BCUT2D eigenvalue weighted by molar-refractivity contribution is 6.06. The summed E-state index contributed by atoms with van der Waals surface area (Å²) >= 11 is 0. The fourth-order valence-corrected chi connectivity index (χ4v) is 0.801. The molecule has 1 heterocycles. The summed E-state index contributed by atoms with van der Waals surface area (Å²) in [5.74, 6) is 0.475. The second kappa shape index (κ2) is 3.26. The van der Waals surface area contributed by atoms with Crippen molar-refractivity contribution in [2.45, 2.75) is 13.8 Å². The number of ketones is 1. The van der Waals surface area contributed by atoms with E-state index in [1.807, 2.05) is 0 Å². The Kier molecular flexibility index (Phi) is 2.33. The number of carbonyl (C=O) groups is 1. The van der Waals surface area contributed by atoms with Crippen LogP contribution in [0.25, 0.3) is 0 Å². The van der Waals surface area contributed by atoms with Gasteiger partial charge in [0.05, 0.1) is 0 Å². The van der Waals surface area contributed by atoms with Crippen LogP contribution in [0.3, 0.4) is 0 Å². The van der Waals surface area contributed by atoms with Gasteiger partial charge in [0.25, 0.3) is 0 Å². The highest BCUT2D eigenvalue weighted by atomic mass is 16.1. The van der Waals surface area contributed by atoms with Crippen LogP contribution in [0, 0.1) is 6.92 Å². The van der Waals surface area contributed by atoms with Crippen molar-refractivity contribution in [2.24, 2.45) is 0 Å². The van der Waals surface area contributed by atoms with Crippen molar-refractivity contribution in [3.8, 4) is 0 Å². The molecule has 0 radical (unpaired) electrons. The topological polar surface area (TPSA) is 42.9 Å². The average Bonchev–Trinajstić information content (AvgIpc) is 2.03. The van der Waals surface area contributed by atoms with E-state index in [1.54, 1.807) is 26.1 Å². The Bertz CT molecular complexity index is 331. The summed E-state index contributed by atoms with van der Waals surface area (Å²) in [5.41, 5.74) is 0.906. The Hall–Kier alpha value is -1.51. The Morgan fingerprint density at radius 2 is 2.25 bits per heavy atom. The minimum Gasteiger partial charge on any atom is -0.287 e. The second-order valence-corrected chi connectivity index (χ2v) is 2.60. The van der Waals surface area contributed by atoms with Crippen molar-refractivity contribution in [3.63, 3.8) is 0 Å². The van der Waals surface area contributed by atoms with E-state index >= 15 is 0 Å². The van der Waals surface area contributed by atoms with E-state index in [0.717, 1.165) is 0 Å². The highest BCUT2D eigenvalue weighted by Crippen LogP contribution is 2.02. The molecule has 0 atom stereocenters. The third-order valence-corrected chi connectivity index (χ3v) is 1.40. The van der Waals surface area contributed by atoms with Gasteiger partial charge in [-0.2, -0.15) is 0 Å². The van der Waals surface area contributed by atoms with Crippen molar-refractivity contribution < 1.29 is 4.79 Å². The summed E-state index contributed by atoms with van der Waals surface area (Å²) in [6, 6.07) is 1.59. The second-order valence-electron chi connectivity index (χ2n) is 2.60. The molecule has 1 aromatic rings. The lowest BCUT2D eigenvalue weighted by Crippen LogP contribution is -2.04. The first kappa shape index (κ1) is 8.59. The van der Waals surface area contributed by atoms with E-state index in [1.165, 1.54) is 0 Å². The van der Waals surface area contributed by atoms with Crippen LogP contribution in [0.2, 0.25) is 0 Å². The highest BCUT2D eigenvalue weighted by Gasteiger charge is 2.07. The van der Waals surface area contributed by atoms with Gasteiger partial charge in [-0.25, -0.2) is 9.97 Å². The first-order chi connectivity index (χ1) is 5.61. The molecular weight excluding hydrogens is 152 g/mol. The Morgan fingerprint density at radius 3 is 2.75 bits per heavy atom. The summed E-state index contributed by atoms with van der Waals surface area (Å²) < 4.78 is 0. The number of rotatable bonds is 2. The molecule has 1 aromatic heterocycles. The molecule has 1 rings (SSSR count). The average molecular weight is 162 g/mol. The molecule has 62 valence electrons.